The van der Waals surface area contributed by atoms with E-state index in [2.05, 4.69) is 15.2 Å². The smallest absolute Gasteiger partial charge is 0.413 e. The van der Waals surface area contributed by atoms with Gasteiger partial charge in [-0.3, -0.25) is 10.2 Å². The number of aromatic nitrogens is 1. The zero-order valence-corrected chi connectivity index (χ0v) is 27.2. The summed E-state index contributed by atoms with van der Waals surface area (Å²) >= 11 is 8.01. The molecule has 1 N–H and O–H groups in total. The summed E-state index contributed by atoms with van der Waals surface area (Å²) in [4.78, 5) is 33.7. The molecule has 12 heteroatoms. The van der Waals surface area contributed by atoms with Crippen LogP contribution in [0, 0.1) is 12.7 Å². The van der Waals surface area contributed by atoms with Crippen molar-refractivity contribution < 1.29 is 28.2 Å². The van der Waals surface area contributed by atoms with E-state index < -0.39 is 23.1 Å². The predicted molar refractivity (Wildman–Crippen MR) is 166 cm³/mol. The molecule has 1 atom stereocenters. The van der Waals surface area contributed by atoms with Gasteiger partial charge in [0.05, 0.1) is 29.5 Å². The van der Waals surface area contributed by atoms with Crippen LogP contribution in [-0.2, 0) is 27.4 Å². The minimum absolute atomic E-state index is 0.0239. The summed E-state index contributed by atoms with van der Waals surface area (Å²) in [5.74, 6) is -0.437. The van der Waals surface area contributed by atoms with E-state index in [1.165, 1.54) is 6.07 Å². The van der Waals surface area contributed by atoms with Gasteiger partial charge in [0.15, 0.2) is 5.13 Å². The summed E-state index contributed by atoms with van der Waals surface area (Å²) in [6.45, 7) is 16.1. The van der Waals surface area contributed by atoms with Gasteiger partial charge in [0.1, 0.15) is 17.0 Å². The molecule has 1 fully saturated rings. The molecule has 0 radical (unpaired) electrons. The number of carbonyl (C=O) groups is 2. The number of nitrogens with zero attached hydrogens (tertiary/aromatic N) is 3. The lowest BCUT2D eigenvalue weighted by Crippen LogP contribution is -2.57. The number of rotatable bonds is 2. The molecule has 43 heavy (non-hydrogen) atoms. The largest absolute Gasteiger partial charge is 0.444 e. The Kier molecular flexibility index (Phi) is 8.65. The van der Waals surface area contributed by atoms with Gasteiger partial charge in [0.25, 0.3) is 0 Å². The van der Waals surface area contributed by atoms with E-state index in [9.17, 15) is 14.0 Å². The fourth-order valence-corrected chi connectivity index (χ4v) is 6.70. The van der Waals surface area contributed by atoms with Crippen LogP contribution < -0.4 is 5.32 Å². The summed E-state index contributed by atoms with van der Waals surface area (Å²) in [7, 11) is 0. The quantitative estimate of drug-likeness (QED) is 0.315. The number of benzene rings is 2. The lowest BCUT2D eigenvalue weighted by atomic mass is 9.91. The molecule has 0 spiro atoms. The number of piperazine rings is 1. The fourth-order valence-electron chi connectivity index (χ4n) is 5.44. The van der Waals surface area contributed by atoms with E-state index in [0.717, 1.165) is 33.6 Å². The molecule has 1 aromatic heterocycles. The molecule has 3 heterocycles. The monoisotopic (exact) mass is 632 g/mol. The van der Waals surface area contributed by atoms with Gasteiger partial charge >= 0.3 is 12.2 Å². The second kappa shape index (κ2) is 11.8. The van der Waals surface area contributed by atoms with Gasteiger partial charge in [-0.25, -0.2) is 19.0 Å². The molecule has 5 rings (SSSR count). The zero-order chi connectivity index (χ0) is 31.3. The first kappa shape index (κ1) is 31.4. The van der Waals surface area contributed by atoms with E-state index in [1.54, 1.807) is 31.7 Å². The Bertz CT molecular complexity index is 1560. The second-order valence-electron chi connectivity index (χ2n) is 13.0. The third kappa shape index (κ3) is 7.06. The first-order valence-electron chi connectivity index (χ1n) is 14.3. The van der Waals surface area contributed by atoms with Gasteiger partial charge in [0.2, 0.25) is 0 Å². The second-order valence-corrected chi connectivity index (χ2v) is 14.4. The van der Waals surface area contributed by atoms with E-state index in [-0.39, 0.29) is 17.3 Å². The minimum atomic E-state index is -0.684. The Morgan fingerprint density at radius 3 is 2.56 bits per heavy atom. The van der Waals surface area contributed by atoms with Crippen LogP contribution in [0.3, 0.4) is 0 Å². The SMILES string of the molecule is Cc1c2c(cc(Cl)c1-c1ccc(F)c3sc(NC(=O)OC(C)(C)C)nc13)CN1CCN(C(=O)OC(C)(C)C)C[C@@H]1COC2. The van der Waals surface area contributed by atoms with Crippen LogP contribution in [0.2, 0.25) is 5.02 Å². The van der Waals surface area contributed by atoms with Crippen molar-refractivity contribution in [3.8, 4) is 11.1 Å². The number of hydrogen-bond donors (Lipinski definition) is 1. The molecule has 2 amide bonds. The molecule has 2 aliphatic rings. The molecule has 1 saturated heterocycles. The zero-order valence-electron chi connectivity index (χ0n) is 25.6. The maximum Gasteiger partial charge on any atom is 0.413 e. The Balaban J connectivity index is 1.43. The average molecular weight is 633 g/mol. The number of anilines is 1. The lowest BCUT2D eigenvalue weighted by Gasteiger charge is -2.42. The number of ether oxygens (including phenoxy) is 3. The van der Waals surface area contributed by atoms with E-state index >= 15 is 0 Å². The summed E-state index contributed by atoms with van der Waals surface area (Å²) in [5.41, 5.74) is 3.58. The highest BCUT2D eigenvalue weighted by Crippen LogP contribution is 2.42. The van der Waals surface area contributed by atoms with Crippen LogP contribution in [0.1, 0.15) is 58.2 Å². The van der Waals surface area contributed by atoms with Gasteiger partial charge in [0, 0.05) is 42.3 Å². The molecule has 0 saturated carbocycles. The number of nitrogens with one attached hydrogen (secondary N) is 1. The normalized spacial score (nSPS) is 18.0. The van der Waals surface area contributed by atoms with Gasteiger partial charge in [-0.1, -0.05) is 22.9 Å². The molecule has 9 nitrogen and oxygen atoms in total. The van der Waals surface area contributed by atoms with Crippen LogP contribution in [0.15, 0.2) is 18.2 Å². The third-order valence-corrected chi connectivity index (χ3v) is 8.59. The minimum Gasteiger partial charge on any atom is -0.444 e. The fraction of sp³-hybridized carbons (Fsp3) is 0.516. The topological polar surface area (TPSA) is 93.2 Å². The predicted octanol–water partition coefficient (Wildman–Crippen LogP) is 7.36. The first-order valence-corrected chi connectivity index (χ1v) is 15.5. The van der Waals surface area contributed by atoms with Crippen molar-refractivity contribution in [3.05, 3.63) is 45.7 Å². The van der Waals surface area contributed by atoms with Crippen LogP contribution in [0.25, 0.3) is 21.3 Å². The van der Waals surface area contributed by atoms with Crippen LogP contribution in [-0.4, -0.2) is 70.5 Å². The number of amides is 2. The van der Waals surface area contributed by atoms with Gasteiger partial charge in [-0.05, 0) is 83.4 Å². The van der Waals surface area contributed by atoms with Crippen LogP contribution >= 0.6 is 22.9 Å². The highest BCUT2D eigenvalue weighted by atomic mass is 35.5. The molecule has 3 aromatic rings. The summed E-state index contributed by atoms with van der Waals surface area (Å²) in [6.07, 6.45) is -0.971. The van der Waals surface area contributed by atoms with Crippen molar-refractivity contribution in [2.75, 3.05) is 31.6 Å². The van der Waals surface area contributed by atoms with E-state index in [0.29, 0.717) is 60.2 Å². The maximum atomic E-state index is 14.9. The summed E-state index contributed by atoms with van der Waals surface area (Å²) in [5, 5.41) is 3.37. The molecule has 0 bridgehead atoms. The van der Waals surface area contributed by atoms with Crippen molar-refractivity contribution in [2.24, 2.45) is 0 Å². The molecule has 2 aliphatic heterocycles. The Labute approximate surface area is 260 Å². The Hall–Kier alpha value is -2.99. The third-order valence-electron chi connectivity index (χ3n) is 7.31. The number of thiazole rings is 1. The van der Waals surface area contributed by atoms with Crippen molar-refractivity contribution >= 4 is 50.5 Å². The van der Waals surface area contributed by atoms with Crippen molar-refractivity contribution in [3.63, 3.8) is 0 Å². The molecule has 2 aromatic carbocycles. The lowest BCUT2D eigenvalue weighted by molar-refractivity contribution is -0.0235. The number of hydrogen-bond acceptors (Lipinski definition) is 8. The summed E-state index contributed by atoms with van der Waals surface area (Å²) < 4.78 is 32.4. The molecule has 0 unspecified atom stereocenters. The average Bonchev–Trinajstić information content (AvgIpc) is 3.28. The number of halogens is 2. The van der Waals surface area contributed by atoms with Crippen molar-refractivity contribution in [1.82, 2.24) is 14.8 Å². The highest BCUT2D eigenvalue weighted by molar-refractivity contribution is 7.22. The number of carbonyl (C=O) groups excluding carboxylic acids is 2. The molecule has 0 aliphatic carbocycles. The van der Waals surface area contributed by atoms with Crippen molar-refractivity contribution in [1.29, 1.82) is 0 Å². The summed E-state index contributed by atoms with van der Waals surface area (Å²) in [6, 6.07) is 5.04. The molecular weight excluding hydrogens is 595 g/mol. The maximum absolute atomic E-state index is 14.9. The Morgan fingerprint density at radius 2 is 1.86 bits per heavy atom. The molecule has 232 valence electrons. The highest BCUT2D eigenvalue weighted by Gasteiger charge is 2.34. The van der Waals surface area contributed by atoms with Crippen molar-refractivity contribution in [2.45, 2.75) is 78.9 Å². The van der Waals surface area contributed by atoms with Crippen LogP contribution in [0.4, 0.5) is 19.1 Å². The molecular formula is C31H38ClFN4O5S. The van der Waals surface area contributed by atoms with Crippen LogP contribution in [0.5, 0.6) is 0 Å². The van der Waals surface area contributed by atoms with Gasteiger partial charge < -0.3 is 19.1 Å². The van der Waals surface area contributed by atoms with E-state index in [4.69, 9.17) is 25.8 Å². The van der Waals surface area contributed by atoms with Gasteiger partial charge in [-0.2, -0.15) is 0 Å². The van der Waals surface area contributed by atoms with Gasteiger partial charge in [-0.15, -0.1) is 0 Å². The van der Waals surface area contributed by atoms with E-state index in [1.807, 2.05) is 33.8 Å². The standard InChI is InChI=1S/C31H38ClFN4O5S/c1-17-21-16-40-15-19-14-37(29(39)42-31(5,6)7)11-10-36(19)13-18(21)12-22(32)24(17)20-8-9-23(33)26-25(20)34-27(43-26)35-28(38)41-30(2,3)4/h8-9,12,19H,10-11,13-16H2,1-7H3,(H,34,35,38)/t19-/m1/s1. The Morgan fingerprint density at radius 1 is 1.14 bits per heavy atom. The number of fused-ring (bicyclic) bond motifs is 3. The first-order chi connectivity index (χ1) is 20.1.